The van der Waals surface area contributed by atoms with E-state index in [1.165, 1.54) is 0 Å². The second-order valence-electron chi connectivity index (χ2n) is 5.19. The van der Waals surface area contributed by atoms with Crippen molar-refractivity contribution in [1.82, 2.24) is 0 Å². The van der Waals surface area contributed by atoms with Gasteiger partial charge in [0, 0.05) is 23.6 Å². The molecule has 1 fully saturated rings. The van der Waals surface area contributed by atoms with Crippen LogP contribution in [-0.2, 0) is 5.41 Å². The molecule has 1 aliphatic rings. The van der Waals surface area contributed by atoms with Crippen molar-refractivity contribution in [3.05, 3.63) is 16.7 Å². The Morgan fingerprint density at radius 1 is 1.10 bits per heavy atom. The molecule has 0 amide bonds. The molecule has 0 atom stereocenters. The van der Waals surface area contributed by atoms with Gasteiger partial charge in [-0.2, -0.15) is 0 Å². The van der Waals surface area contributed by atoms with E-state index >= 15 is 0 Å². The van der Waals surface area contributed by atoms with Gasteiger partial charge in [-0.25, -0.2) is 0 Å². The van der Waals surface area contributed by atoms with Crippen molar-refractivity contribution in [2.45, 2.75) is 31.1 Å². The summed E-state index contributed by atoms with van der Waals surface area (Å²) >= 11 is 6.55. The molecule has 1 aliphatic carbocycles. The highest BCUT2D eigenvalue weighted by atomic mass is 35.5. The topological polar surface area (TPSA) is 53.7 Å². The number of halogens is 1. The molecule has 0 radical (unpaired) electrons. The van der Waals surface area contributed by atoms with Gasteiger partial charge in [0.15, 0.2) is 11.5 Å². The quantitative estimate of drug-likeness (QED) is 0.907. The summed E-state index contributed by atoms with van der Waals surface area (Å²) in [6, 6.07) is 1.75. The van der Waals surface area contributed by atoms with E-state index in [9.17, 15) is 0 Å². The molecule has 5 heteroatoms. The zero-order valence-corrected chi connectivity index (χ0v) is 13.0. The average molecular weight is 300 g/mol. The van der Waals surface area contributed by atoms with Gasteiger partial charge < -0.3 is 19.9 Å². The molecule has 2 N–H and O–H groups in total. The Kier molecular flexibility index (Phi) is 4.66. The number of nitrogens with two attached hydrogens (primary N) is 1. The molecule has 112 valence electrons. The molecule has 0 spiro atoms. The van der Waals surface area contributed by atoms with E-state index < -0.39 is 0 Å². The minimum atomic E-state index is -0.149. The van der Waals surface area contributed by atoms with E-state index in [0.717, 1.165) is 31.2 Å². The molecule has 0 unspecified atom stereocenters. The summed E-state index contributed by atoms with van der Waals surface area (Å²) in [6.45, 7) is 0.541. The first-order valence-corrected chi connectivity index (χ1v) is 7.20. The third-order valence-corrected chi connectivity index (χ3v) is 4.65. The SMILES string of the molecule is COc1cc(OC)c(OC)c(C2(CN)CCCC2)c1Cl. The standard InChI is InChI=1S/C15H22ClNO3/c1-18-10-8-11(19-2)14(20-3)12(13(10)16)15(9-17)6-4-5-7-15/h8H,4-7,9,17H2,1-3H3. The van der Waals surface area contributed by atoms with E-state index in [-0.39, 0.29) is 5.41 Å². The second kappa shape index (κ2) is 6.10. The summed E-state index contributed by atoms with van der Waals surface area (Å²) in [6.07, 6.45) is 4.32. The normalized spacial score (nSPS) is 17.1. The van der Waals surface area contributed by atoms with Crippen molar-refractivity contribution < 1.29 is 14.2 Å². The maximum Gasteiger partial charge on any atom is 0.166 e. The van der Waals surface area contributed by atoms with Gasteiger partial charge >= 0.3 is 0 Å². The van der Waals surface area contributed by atoms with E-state index in [1.807, 2.05) is 0 Å². The third-order valence-electron chi connectivity index (χ3n) is 4.27. The number of benzene rings is 1. The first-order chi connectivity index (χ1) is 9.63. The van der Waals surface area contributed by atoms with Crippen molar-refractivity contribution in [1.29, 1.82) is 0 Å². The molecule has 0 aromatic heterocycles. The van der Waals surface area contributed by atoms with E-state index in [0.29, 0.717) is 28.8 Å². The molecular weight excluding hydrogens is 278 g/mol. The summed E-state index contributed by atoms with van der Waals surface area (Å²) in [7, 11) is 4.84. The Morgan fingerprint density at radius 3 is 2.15 bits per heavy atom. The van der Waals surface area contributed by atoms with Gasteiger partial charge in [-0.3, -0.25) is 0 Å². The summed E-state index contributed by atoms with van der Waals surface area (Å²) in [5.74, 6) is 1.90. The van der Waals surface area contributed by atoms with Crippen molar-refractivity contribution in [2.24, 2.45) is 5.73 Å². The Bertz CT molecular complexity index is 484. The fourth-order valence-corrected chi connectivity index (χ4v) is 3.60. The molecule has 0 aliphatic heterocycles. The van der Waals surface area contributed by atoms with Crippen LogP contribution in [0.1, 0.15) is 31.2 Å². The van der Waals surface area contributed by atoms with Gasteiger partial charge in [0.25, 0.3) is 0 Å². The van der Waals surface area contributed by atoms with Crippen LogP contribution >= 0.6 is 11.6 Å². The monoisotopic (exact) mass is 299 g/mol. The number of ether oxygens (including phenoxy) is 3. The lowest BCUT2D eigenvalue weighted by molar-refractivity contribution is 0.331. The van der Waals surface area contributed by atoms with Crippen molar-refractivity contribution in [2.75, 3.05) is 27.9 Å². The minimum absolute atomic E-state index is 0.149. The Balaban J connectivity index is 2.71. The highest BCUT2D eigenvalue weighted by Gasteiger charge is 2.40. The van der Waals surface area contributed by atoms with Crippen molar-refractivity contribution >= 4 is 11.6 Å². The van der Waals surface area contributed by atoms with Crippen LogP contribution in [0, 0.1) is 0 Å². The van der Waals surface area contributed by atoms with Gasteiger partial charge in [0.2, 0.25) is 0 Å². The van der Waals surface area contributed by atoms with Crippen molar-refractivity contribution in [3.8, 4) is 17.2 Å². The van der Waals surface area contributed by atoms with E-state index in [4.69, 9.17) is 31.5 Å². The summed E-state index contributed by atoms with van der Waals surface area (Å²) in [4.78, 5) is 0. The third kappa shape index (κ3) is 2.31. The maximum absolute atomic E-state index is 6.55. The number of rotatable bonds is 5. The predicted molar refractivity (Wildman–Crippen MR) is 80.3 cm³/mol. The van der Waals surface area contributed by atoms with Gasteiger partial charge in [-0.1, -0.05) is 24.4 Å². The summed E-state index contributed by atoms with van der Waals surface area (Å²) < 4.78 is 16.4. The van der Waals surface area contributed by atoms with Crippen LogP contribution in [0.5, 0.6) is 17.2 Å². The van der Waals surface area contributed by atoms with Crippen molar-refractivity contribution in [3.63, 3.8) is 0 Å². The average Bonchev–Trinajstić information content (AvgIpc) is 2.96. The number of hydrogen-bond donors (Lipinski definition) is 1. The largest absolute Gasteiger partial charge is 0.495 e. The Labute approximate surface area is 125 Å². The zero-order chi connectivity index (χ0) is 14.8. The molecule has 4 nitrogen and oxygen atoms in total. The van der Waals surface area contributed by atoms with Gasteiger partial charge in [-0.15, -0.1) is 0 Å². The molecule has 1 aromatic carbocycles. The Hall–Kier alpha value is -1.13. The van der Waals surface area contributed by atoms with Crippen LogP contribution in [0.15, 0.2) is 6.07 Å². The van der Waals surface area contributed by atoms with E-state index in [2.05, 4.69) is 0 Å². The van der Waals surface area contributed by atoms with Gasteiger partial charge in [-0.05, 0) is 12.8 Å². The molecule has 1 saturated carbocycles. The fourth-order valence-electron chi connectivity index (χ4n) is 3.18. The smallest absolute Gasteiger partial charge is 0.166 e. The molecule has 0 bridgehead atoms. The lowest BCUT2D eigenvalue weighted by Gasteiger charge is -2.31. The fraction of sp³-hybridized carbons (Fsp3) is 0.600. The van der Waals surface area contributed by atoms with Gasteiger partial charge in [0.05, 0.1) is 26.4 Å². The lowest BCUT2D eigenvalue weighted by Crippen LogP contribution is -2.33. The summed E-state index contributed by atoms with van der Waals surface area (Å²) in [5, 5.41) is 0.581. The molecular formula is C15H22ClNO3. The summed E-state index contributed by atoms with van der Waals surface area (Å²) in [5.41, 5.74) is 6.86. The lowest BCUT2D eigenvalue weighted by atomic mass is 9.78. The molecule has 20 heavy (non-hydrogen) atoms. The predicted octanol–water partition coefficient (Wildman–Crippen LogP) is 3.14. The van der Waals surface area contributed by atoms with Crippen LogP contribution in [0.4, 0.5) is 0 Å². The maximum atomic E-state index is 6.55. The van der Waals surface area contributed by atoms with Crippen LogP contribution < -0.4 is 19.9 Å². The van der Waals surface area contributed by atoms with Gasteiger partial charge in [0.1, 0.15) is 5.75 Å². The number of hydrogen-bond acceptors (Lipinski definition) is 4. The zero-order valence-electron chi connectivity index (χ0n) is 12.3. The molecule has 2 rings (SSSR count). The first-order valence-electron chi connectivity index (χ1n) is 6.82. The Morgan fingerprint density at radius 2 is 1.70 bits per heavy atom. The molecule has 1 aromatic rings. The molecule has 0 saturated heterocycles. The molecule has 0 heterocycles. The number of methoxy groups -OCH3 is 3. The van der Waals surface area contributed by atoms with E-state index in [1.54, 1.807) is 27.4 Å². The van der Waals surface area contributed by atoms with Crippen LogP contribution in [-0.4, -0.2) is 27.9 Å². The highest BCUT2D eigenvalue weighted by Crippen LogP contribution is 2.52. The first kappa shape index (κ1) is 15.3. The van der Waals surface area contributed by atoms with Crippen LogP contribution in [0.3, 0.4) is 0 Å². The minimum Gasteiger partial charge on any atom is -0.495 e. The van der Waals surface area contributed by atoms with Crippen LogP contribution in [0.2, 0.25) is 5.02 Å². The highest BCUT2D eigenvalue weighted by molar-refractivity contribution is 6.33. The second-order valence-corrected chi connectivity index (χ2v) is 5.57. The van der Waals surface area contributed by atoms with Crippen LogP contribution in [0.25, 0.3) is 0 Å².